The summed E-state index contributed by atoms with van der Waals surface area (Å²) in [6, 6.07) is 0. The Hall–Kier alpha value is 1.41. The van der Waals surface area contributed by atoms with Gasteiger partial charge in [0.1, 0.15) is 0 Å². The van der Waals surface area contributed by atoms with Gasteiger partial charge < -0.3 is 22.6 Å². The average molecular weight is 235 g/mol. The van der Waals surface area contributed by atoms with Crippen LogP contribution < -0.4 is 51.4 Å². The standard InChI is InChI=1S/C7H14BF3NO.K/c1-12-4-2-7(3-5-12)13-6-8(9,10)11;/h7H,2-6H2,1H3;/q-1;+1. The second kappa shape index (κ2) is 6.88. The number of piperidine rings is 1. The minimum Gasteiger partial charge on any atom is -0.447 e. The van der Waals surface area contributed by atoms with Crippen LogP contribution in [0.25, 0.3) is 0 Å². The van der Waals surface area contributed by atoms with Crippen LogP contribution in [-0.4, -0.2) is 44.6 Å². The van der Waals surface area contributed by atoms with Crippen LogP contribution in [0.2, 0.25) is 0 Å². The normalized spacial score (nSPS) is 20.6. The van der Waals surface area contributed by atoms with Crippen LogP contribution in [0, 0.1) is 0 Å². The van der Waals surface area contributed by atoms with Gasteiger partial charge in [-0.2, -0.15) is 0 Å². The summed E-state index contributed by atoms with van der Waals surface area (Å²) in [7, 11) is 1.96. The Morgan fingerprint density at radius 3 is 2.21 bits per heavy atom. The number of likely N-dealkylation sites (tertiary alicyclic amines) is 1. The molecule has 0 N–H and O–H groups in total. The van der Waals surface area contributed by atoms with Crippen LogP contribution in [-0.2, 0) is 4.74 Å². The Morgan fingerprint density at radius 1 is 1.29 bits per heavy atom. The maximum Gasteiger partial charge on any atom is 1.00 e. The van der Waals surface area contributed by atoms with Gasteiger partial charge in [0.05, 0.1) is 6.10 Å². The fourth-order valence-electron chi connectivity index (χ4n) is 1.40. The predicted molar refractivity (Wildman–Crippen MR) is 45.5 cm³/mol. The molecule has 1 aliphatic heterocycles. The van der Waals surface area contributed by atoms with Gasteiger partial charge in [-0.1, -0.05) is 0 Å². The number of hydrogen-bond acceptors (Lipinski definition) is 2. The first-order chi connectivity index (χ1) is 5.97. The first-order valence-corrected chi connectivity index (χ1v) is 4.48. The molecule has 0 unspecified atom stereocenters. The average Bonchev–Trinajstić information content (AvgIpc) is 2.02. The second-order valence-electron chi connectivity index (χ2n) is 3.55. The predicted octanol–water partition coefficient (Wildman–Crippen LogP) is -1.51. The summed E-state index contributed by atoms with van der Waals surface area (Å²) in [4.78, 5) is 2.10. The minimum absolute atomic E-state index is 0. The fourth-order valence-corrected chi connectivity index (χ4v) is 1.40. The number of hydrogen-bond donors (Lipinski definition) is 0. The maximum absolute atomic E-state index is 11.8. The van der Waals surface area contributed by atoms with Gasteiger partial charge in [0.25, 0.3) is 0 Å². The summed E-state index contributed by atoms with van der Waals surface area (Å²) < 4.78 is 40.2. The summed E-state index contributed by atoms with van der Waals surface area (Å²) in [5.41, 5.74) is 0. The van der Waals surface area contributed by atoms with Gasteiger partial charge in [-0.05, 0) is 19.9 Å². The number of rotatable bonds is 3. The third-order valence-electron chi connectivity index (χ3n) is 2.19. The van der Waals surface area contributed by atoms with Crippen molar-refractivity contribution in [3.8, 4) is 0 Å². The first-order valence-electron chi connectivity index (χ1n) is 4.48. The van der Waals surface area contributed by atoms with Crippen molar-refractivity contribution in [2.24, 2.45) is 0 Å². The molecule has 0 aromatic heterocycles. The molecule has 0 aromatic carbocycles. The largest absolute Gasteiger partial charge is 1.00 e. The molecule has 0 amide bonds. The van der Waals surface area contributed by atoms with Gasteiger partial charge in [-0.15, -0.1) is 0 Å². The number of ether oxygens (including phenoxy) is 1. The molecule has 0 aromatic rings. The molecule has 0 aliphatic carbocycles. The van der Waals surface area contributed by atoms with E-state index in [-0.39, 0.29) is 57.5 Å². The van der Waals surface area contributed by atoms with Crippen LogP contribution in [0.3, 0.4) is 0 Å². The van der Waals surface area contributed by atoms with E-state index in [1.807, 2.05) is 7.05 Å². The quantitative estimate of drug-likeness (QED) is 0.551. The molecular weight excluding hydrogens is 221 g/mol. The van der Waals surface area contributed by atoms with E-state index in [0.717, 1.165) is 13.1 Å². The third-order valence-corrected chi connectivity index (χ3v) is 2.19. The summed E-state index contributed by atoms with van der Waals surface area (Å²) in [6.07, 6.45) is 1.23. The topological polar surface area (TPSA) is 12.5 Å². The second-order valence-corrected chi connectivity index (χ2v) is 3.55. The van der Waals surface area contributed by atoms with Crippen molar-refractivity contribution in [2.75, 3.05) is 26.6 Å². The van der Waals surface area contributed by atoms with E-state index >= 15 is 0 Å². The molecule has 1 rings (SSSR count). The van der Waals surface area contributed by atoms with Gasteiger partial charge >= 0.3 is 58.4 Å². The molecule has 0 bridgehead atoms. The molecular formula is C7H14BF3KNO. The van der Waals surface area contributed by atoms with Crippen LogP contribution >= 0.6 is 0 Å². The zero-order chi connectivity index (χ0) is 9.90. The van der Waals surface area contributed by atoms with Crippen molar-refractivity contribution >= 4 is 6.98 Å². The van der Waals surface area contributed by atoms with E-state index in [4.69, 9.17) is 4.74 Å². The molecule has 0 spiro atoms. The molecule has 1 saturated heterocycles. The molecule has 78 valence electrons. The van der Waals surface area contributed by atoms with Gasteiger partial charge in [-0.3, -0.25) is 0 Å². The van der Waals surface area contributed by atoms with Crippen molar-refractivity contribution < 1.29 is 69.1 Å². The molecule has 1 fully saturated rings. The summed E-state index contributed by atoms with van der Waals surface area (Å²) >= 11 is 0. The van der Waals surface area contributed by atoms with E-state index in [2.05, 4.69) is 4.90 Å². The molecule has 14 heavy (non-hydrogen) atoms. The van der Waals surface area contributed by atoms with Crippen molar-refractivity contribution in [3.05, 3.63) is 0 Å². The molecule has 0 radical (unpaired) electrons. The third kappa shape index (κ3) is 6.81. The van der Waals surface area contributed by atoms with Gasteiger partial charge in [0.15, 0.2) is 0 Å². The zero-order valence-corrected chi connectivity index (χ0v) is 11.8. The van der Waals surface area contributed by atoms with Crippen LogP contribution in [0.1, 0.15) is 12.8 Å². The smallest absolute Gasteiger partial charge is 0.447 e. The van der Waals surface area contributed by atoms with Crippen molar-refractivity contribution in [1.29, 1.82) is 0 Å². The Labute approximate surface area is 125 Å². The fraction of sp³-hybridized carbons (Fsp3) is 1.00. The molecule has 1 aliphatic rings. The van der Waals surface area contributed by atoms with E-state index in [1.54, 1.807) is 0 Å². The maximum atomic E-state index is 11.8. The zero-order valence-electron chi connectivity index (χ0n) is 8.68. The van der Waals surface area contributed by atoms with Gasteiger partial charge in [-0.25, -0.2) is 0 Å². The van der Waals surface area contributed by atoms with Crippen molar-refractivity contribution in [3.63, 3.8) is 0 Å². The molecule has 1 heterocycles. The molecule has 0 atom stereocenters. The monoisotopic (exact) mass is 235 g/mol. The van der Waals surface area contributed by atoms with E-state index in [9.17, 15) is 12.9 Å². The summed E-state index contributed by atoms with van der Waals surface area (Å²) in [5, 5.41) is 0. The van der Waals surface area contributed by atoms with Crippen molar-refractivity contribution in [2.45, 2.75) is 18.9 Å². The molecule has 0 saturated carbocycles. The van der Waals surface area contributed by atoms with E-state index in [0.29, 0.717) is 12.8 Å². The van der Waals surface area contributed by atoms with Crippen LogP contribution in [0.4, 0.5) is 12.9 Å². The van der Waals surface area contributed by atoms with Gasteiger partial charge in [0.2, 0.25) is 0 Å². The Balaban J connectivity index is 0.00000169. The Bertz CT molecular complexity index is 162. The SMILES string of the molecule is CN1CCC(OC[B-](F)(F)F)CC1.[K+]. The Kier molecular flexibility index (Phi) is 7.57. The number of halogens is 3. The Morgan fingerprint density at radius 2 is 1.79 bits per heavy atom. The minimum atomic E-state index is -4.78. The molecule has 7 heteroatoms. The van der Waals surface area contributed by atoms with Crippen molar-refractivity contribution in [1.82, 2.24) is 4.90 Å². The van der Waals surface area contributed by atoms with E-state index < -0.39 is 13.5 Å². The number of nitrogens with zero attached hydrogens (tertiary/aromatic N) is 1. The van der Waals surface area contributed by atoms with Crippen LogP contribution in [0.5, 0.6) is 0 Å². The summed E-state index contributed by atoms with van der Waals surface area (Å²) in [6.45, 7) is -4.17. The first kappa shape index (κ1) is 15.4. The summed E-state index contributed by atoms with van der Waals surface area (Å²) in [5.74, 6) is 0. The van der Waals surface area contributed by atoms with E-state index in [1.165, 1.54) is 0 Å². The molecule has 2 nitrogen and oxygen atoms in total. The van der Waals surface area contributed by atoms with Gasteiger partial charge in [0, 0.05) is 19.6 Å². The van der Waals surface area contributed by atoms with Crippen LogP contribution in [0.15, 0.2) is 0 Å².